The summed E-state index contributed by atoms with van der Waals surface area (Å²) < 4.78 is 16.0. The summed E-state index contributed by atoms with van der Waals surface area (Å²) >= 11 is 1.85. The number of hydrogen-bond donors (Lipinski definition) is 0. The Hall–Kier alpha value is -7.53. The SMILES string of the molecule is CC[C@@H]1C(c2ccccc2)=C(C)CC(c2cc(-c3cccc4oc5c(-c6ccc7c(c6)sc6ccccc67)cccc5c34)c3ccccc3c2)=NC1c1ccc2c(c1)oc1ccccc12. The normalized spacial score (nSPS) is 15.9. The van der Waals surface area contributed by atoms with Gasteiger partial charge in [0.25, 0.3) is 0 Å². The van der Waals surface area contributed by atoms with E-state index in [1.807, 2.05) is 17.4 Å². The molecule has 0 aliphatic carbocycles. The Morgan fingerprint density at radius 1 is 0.508 bits per heavy atom. The number of nitrogens with zero attached hydrogens (tertiary/aromatic N) is 1. The van der Waals surface area contributed by atoms with E-state index in [1.165, 1.54) is 58.8 Å². The second-order valence-corrected chi connectivity index (χ2v) is 18.7. The monoisotopic (exact) mass is 853 g/mol. The summed E-state index contributed by atoms with van der Waals surface area (Å²) in [5, 5.41) is 9.51. The van der Waals surface area contributed by atoms with Crippen molar-refractivity contribution in [3.05, 3.63) is 210 Å². The third kappa shape index (κ3) is 6.12. The van der Waals surface area contributed by atoms with Crippen molar-refractivity contribution in [1.29, 1.82) is 0 Å². The van der Waals surface area contributed by atoms with Gasteiger partial charge in [-0.1, -0.05) is 158 Å². The minimum Gasteiger partial charge on any atom is -0.456 e. The van der Waals surface area contributed by atoms with Crippen molar-refractivity contribution in [2.75, 3.05) is 0 Å². The van der Waals surface area contributed by atoms with Crippen molar-refractivity contribution >= 4 is 97.4 Å². The fourth-order valence-corrected chi connectivity index (χ4v) is 12.1. The van der Waals surface area contributed by atoms with Crippen molar-refractivity contribution < 1.29 is 8.83 Å². The first kappa shape index (κ1) is 38.0. The highest BCUT2D eigenvalue weighted by Gasteiger charge is 2.32. The summed E-state index contributed by atoms with van der Waals surface area (Å²) in [6.07, 6.45) is 1.69. The third-order valence-corrected chi connectivity index (χ3v) is 15.0. The van der Waals surface area contributed by atoms with E-state index in [2.05, 4.69) is 196 Å². The van der Waals surface area contributed by atoms with Gasteiger partial charge in [0.2, 0.25) is 0 Å². The molecule has 0 N–H and O–H groups in total. The molecule has 0 bridgehead atoms. The van der Waals surface area contributed by atoms with Gasteiger partial charge in [-0.15, -0.1) is 11.3 Å². The molecule has 0 fully saturated rings. The van der Waals surface area contributed by atoms with E-state index >= 15 is 0 Å². The molecule has 1 aliphatic heterocycles. The molecule has 0 spiro atoms. The van der Waals surface area contributed by atoms with Crippen LogP contribution in [0.5, 0.6) is 0 Å². The molecule has 13 rings (SSSR count). The van der Waals surface area contributed by atoms with Crippen LogP contribution in [-0.4, -0.2) is 5.71 Å². The molecule has 0 radical (unpaired) electrons. The van der Waals surface area contributed by atoms with Crippen molar-refractivity contribution in [3.8, 4) is 22.3 Å². The summed E-state index contributed by atoms with van der Waals surface area (Å²) in [5.74, 6) is 0.163. The lowest BCUT2D eigenvalue weighted by Gasteiger charge is -2.27. The van der Waals surface area contributed by atoms with Gasteiger partial charge in [0.1, 0.15) is 22.3 Å². The summed E-state index contributed by atoms with van der Waals surface area (Å²) in [7, 11) is 0. The number of rotatable bonds is 6. The maximum absolute atomic E-state index is 6.92. The first-order valence-corrected chi connectivity index (χ1v) is 23.5. The van der Waals surface area contributed by atoms with Crippen LogP contribution in [0.15, 0.2) is 207 Å². The molecule has 3 aromatic heterocycles. The zero-order valence-corrected chi connectivity index (χ0v) is 37.0. The zero-order valence-electron chi connectivity index (χ0n) is 36.1. The molecule has 12 aromatic rings. The number of fused-ring (bicyclic) bond motifs is 10. The molecule has 4 heterocycles. The van der Waals surface area contributed by atoms with E-state index in [0.29, 0.717) is 0 Å². The van der Waals surface area contributed by atoms with Gasteiger partial charge in [-0.3, -0.25) is 4.99 Å². The molecular formula is C61H43NO2S. The van der Waals surface area contributed by atoms with Gasteiger partial charge in [0, 0.05) is 65.3 Å². The Balaban J connectivity index is 0.998. The lowest BCUT2D eigenvalue weighted by atomic mass is 9.80. The van der Waals surface area contributed by atoms with Crippen LogP contribution < -0.4 is 0 Å². The van der Waals surface area contributed by atoms with E-state index in [0.717, 1.165) is 84.7 Å². The van der Waals surface area contributed by atoms with E-state index in [-0.39, 0.29) is 12.0 Å². The van der Waals surface area contributed by atoms with Crippen molar-refractivity contribution in [2.24, 2.45) is 10.9 Å². The minimum atomic E-state index is -0.123. The predicted octanol–water partition coefficient (Wildman–Crippen LogP) is 17.8. The van der Waals surface area contributed by atoms with Gasteiger partial charge in [-0.25, -0.2) is 0 Å². The molecule has 4 heteroatoms. The number of thiophene rings is 1. The van der Waals surface area contributed by atoms with Gasteiger partial charge >= 0.3 is 0 Å². The highest BCUT2D eigenvalue weighted by Crippen LogP contribution is 2.47. The topological polar surface area (TPSA) is 38.6 Å². The summed E-state index contributed by atoms with van der Waals surface area (Å²) in [5.41, 5.74) is 15.6. The Bertz CT molecular complexity index is 3940. The van der Waals surface area contributed by atoms with E-state index in [9.17, 15) is 0 Å². The summed E-state index contributed by atoms with van der Waals surface area (Å²) in [6.45, 7) is 4.63. The van der Waals surface area contributed by atoms with Crippen LogP contribution >= 0.6 is 11.3 Å². The molecule has 65 heavy (non-hydrogen) atoms. The molecule has 310 valence electrons. The van der Waals surface area contributed by atoms with Gasteiger partial charge in [0.15, 0.2) is 0 Å². The van der Waals surface area contributed by atoms with Crippen LogP contribution in [-0.2, 0) is 0 Å². The van der Waals surface area contributed by atoms with E-state index in [4.69, 9.17) is 13.8 Å². The molecule has 0 saturated carbocycles. The Labute approximate surface area is 380 Å². The van der Waals surface area contributed by atoms with Crippen LogP contribution in [0.1, 0.15) is 49.4 Å². The molecule has 2 atom stereocenters. The average molecular weight is 854 g/mol. The molecule has 0 amide bonds. The molecular weight excluding hydrogens is 811 g/mol. The van der Waals surface area contributed by atoms with Gasteiger partial charge in [-0.2, -0.15) is 0 Å². The van der Waals surface area contributed by atoms with Crippen molar-refractivity contribution in [1.82, 2.24) is 0 Å². The smallest absolute Gasteiger partial charge is 0.143 e. The largest absolute Gasteiger partial charge is 0.456 e. The Morgan fingerprint density at radius 2 is 1.22 bits per heavy atom. The molecule has 3 nitrogen and oxygen atoms in total. The average Bonchev–Trinajstić information content (AvgIpc) is 4.02. The highest BCUT2D eigenvalue weighted by atomic mass is 32.1. The molecule has 1 unspecified atom stereocenters. The summed E-state index contributed by atoms with van der Waals surface area (Å²) in [6, 6.07) is 68.2. The highest BCUT2D eigenvalue weighted by molar-refractivity contribution is 7.25. The maximum atomic E-state index is 6.92. The molecule has 1 aliphatic rings. The third-order valence-electron chi connectivity index (χ3n) is 13.9. The fourth-order valence-electron chi connectivity index (χ4n) is 10.9. The van der Waals surface area contributed by atoms with Crippen LogP contribution in [0.4, 0.5) is 0 Å². The molecule has 0 saturated heterocycles. The number of hydrogen-bond acceptors (Lipinski definition) is 4. The standard InChI is InChI=1S/C61H43NO2S/c1-3-42-58(37-15-5-4-6-16-37)36(2)31-52(62-60(42)40-28-29-46-45-19-9-11-24-53(45)63-55(46)34-40)41-32-38-17-7-8-18-43(38)51(33-41)49-22-14-25-54-59(49)50-23-13-21-44(61(50)64-54)39-27-30-48-47-20-10-12-26-56(47)65-57(48)35-39/h4-30,32-35,42,60H,3,31H2,1-2H3/t42-,60?/m1/s1. The van der Waals surface area contributed by atoms with Crippen LogP contribution in [0.3, 0.4) is 0 Å². The first-order valence-electron chi connectivity index (χ1n) is 22.7. The second-order valence-electron chi connectivity index (χ2n) is 17.6. The van der Waals surface area contributed by atoms with E-state index in [1.54, 1.807) is 0 Å². The van der Waals surface area contributed by atoms with Crippen LogP contribution in [0.25, 0.3) is 103 Å². The maximum Gasteiger partial charge on any atom is 0.143 e. The number of para-hydroxylation sites is 2. The van der Waals surface area contributed by atoms with Gasteiger partial charge in [0.05, 0.1) is 6.04 Å². The number of aliphatic imine (C=N–C) groups is 1. The number of allylic oxidation sites excluding steroid dienone is 1. The van der Waals surface area contributed by atoms with Gasteiger partial charge in [-0.05, 0) is 106 Å². The first-order chi connectivity index (χ1) is 32.1. The molecule has 9 aromatic carbocycles. The van der Waals surface area contributed by atoms with Crippen molar-refractivity contribution in [3.63, 3.8) is 0 Å². The lowest BCUT2D eigenvalue weighted by molar-refractivity contribution is 0.524. The second kappa shape index (κ2) is 15.0. The number of furan rings is 2. The minimum absolute atomic E-state index is 0.123. The predicted molar refractivity (Wildman–Crippen MR) is 275 cm³/mol. The zero-order chi connectivity index (χ0) is 43.2. The Kier molecular flexibility index (Phi) is 8.79. The Morgan fingerprint density at radius 3 is 2.11 bits per heavy atom. The number of benzene rings is 9. The fraction of sp³-hybridized carbons (Fsp3) is 0.0984. The quantitative estimate of drug-likeness (QED) is 0.167. The van der Waals surface area contributed by atoms with Crippen LogP contribution in [0, 0.1) is 5.92 Å². The van der Waals surface area contributed by atoms with Crippen LogP contribution in [0.2, 0.25) is 0 Å². The summed E-state index contributed by atoms with van der Waals surface area (Å²) in [4.78, 5) is 5.90. The van der Waals surface area contributed by atoms with Crippen molar-refractivity contribution in [2.45, 2.75) is 32.7 Å². The lowest BCUT2D eigenvalue weighted by Crippen LogP contribution is -2.13. The van der Waals surface area contributed by atoms with Gasteiger partial charge < -0.3 is 8.83 Å². The van der Waals surface area contributed by atoms with E-state index < -0.39 is 0 Å².